The van der Waals surface area contributed by atoms with Gasteiger partial charge in [-0.3, -0.25) is 9.48 Å². The summed E-state index contributed by atoms with van der Waals surface area (Å²) < 4.78 is 6.73. The molecule has 0 aliphatic rings. The Balaban J connectivity index is 3.01. The van der Waals surface area contributed by atoms with E-state index in [0.29, 0.717) is 12.4 Å². The monoisotopic (exact) mass is 239 g/mol. The van der Waals surface area contributed by atoms with Crippen LogP contribution in [0.1, 0.15) is 45.8 Å². The molecule has 17 heavy (non-hydrogen) atoms. The molecule has 0 aliphatic heterocycles. The minimum Gasteiger partial charge on any atom is -0.465 e. The lowest BCUT2D eigenvalue weighted by Crippen LogP contribution is -2.34. The van der Waals surface area contributed by atoms with Gasteiger partial charge in [-0.2, -0.15) is 5.10 Å². The number of esters is 1. The summed E-state index contributed by atoms with van der Waals surface area (Å²) in [6.07, 6.45) is 1.82. The van der Waals surface area contributed by atoms with Crippen LogP contribution in [0.5, 0.6) is 0 Å². The SMILES string of the molecule is CCCc1nc(C(C)(C)C(=O)OCC)n(C)n1. The van der Waals surface area contributed by atoms with E-state index >= 15 is 0 Å². The minimum atomic E-state index is -0.760. The molecule has 5 nitrogen and oxygen atoms in total. The Kier molecular flexibility index (Phi) is 4.26. The van der Waals surface area contributed by atoms with Crippen LogP contribution in [0.4, 0.5) is 0 Å². The number of ether oxygens (including phenoxy) is 1. The van der Waals surface area contributed by atoms with Crippen LogP contribution in [-0.4, -0.2) is 27.3 Å². The van der Waals surface area contributed by atoms with Gasteiger partial charge in [0, 0.05) is 13.5 Å². The highest BCUT2D eigenvalue weighted by Gasteiger charge is 2.36. The van der Waals surface area contributed by atoms with E-state index in [1.807, 2.05) is 20.9 Å². The van der Waals surface area contributed by atoms with Crippen LogP contribution in [-0.2, 0) is 28.4 Å². The lowest BCUT2D eigenvalue weighted by atomic mass is 9.92. The van der Waals surface area contributed by atoms with Crippen LogP contribution in [0, 0.1) is 0 Å². The highest BCUT2D eigenvalue weighted by atomic mass is 16.5. The van der Waals surface area contributed by atoms with Crippen LogP contribution >= 0.6 is 0 Å². The summed E-state index contributed by atoms with van der Waals surface area (Å²) in [7, 11) is 1.81. The van der Waals surface area contributed by atoms with Crippen molar-refractivity contribution in [3.8, 4) is 0 Å². The van der Waals surface area contributed by atoms with Crippen molar-refractivity contribution in [3.63, 3.8) is 0 Å². The number of carbonyl (C=O) groups excluding carboxylic acids is 1. The highest BCUT2D eigenvalue weighted by molar-refractivity contribution is 5.81. The third-order valence-corrected chi connectivity index (χ3v) is 2.63. The van der Waals surface area contributed by atoms with Crippen molar-refractivity contribution in [2.75, 3.05) is 6.61 Å². The fraction of sp³-hybridized carbons (Fsp3) is 0.750. The van der Waals surface area contributed by atoms with Gasteiger partial charge in [0.25, 0.3) is 0 Å². The van der Waals surface area contributed by atoms with E-state index in [-0.39, 0.29) is 5.97 Å². The summed E-state index contributed by atoms with van der Waals surface area (Å²) in [5, 5.41) is 4.31. The molecule has 0 saturated heterocycles. The molecular formula is C12H21N3O2. The zero-order valence-corrected chi connectivity index (χ0v) is 11.3. The molecule has 0 saturated carbocycles. The van der Waals surface area contributed by atoms with Crippen LogP contribution in [0.15, 0.2) is 0 Å². The van der Waals surface area contributed by atoms with Gasteiger partial charge in [-0.15, -0.1) is 0 Å². The molecule has 1 aromatic rings. The number of aryl methyl sites for hydroxylation is 2. The molecule has 0 N–H and O–H groups in total. The molecule has 0 atom stereocenters. The maximum Gasteiger partial charge on any atom is 0.319 e. The maximum atomic E-state index is 11.9. The van der Waals surface area contributed by atoms with Crippen LogP contribution in [0.2, 0.25) is 0 Å². The third-order valence-electron chi connectivity index (χ3n) is 2.63. The summed E-state index contributed by atoms with van der Waals surface area (Å²) in [6, 6.07) is 0. The predicted octanol–water partition coefficient (Wildman–Crippen LogP) is 1.61. The van der Waals surface area contributed by atoms with Gasteiger partial charge in [0.05, 0.1) is 6.61 Å². The molecule has 1 rings (SSSR count). The summed E-state index contributed by atoms with van der Waals surface area (Å²) in [5.41, 5.74) is -0.760. The number of hydrogen-bond acceptors (Lipinski definition) is 4. The summed E-state index contributed by atoms with van der Waals surface area (Å²) in [5.74, 6) is 1.17. The molecule has 0 fully saturated rings. The molecule has 0 aliphatic carbocycles. The molecule has 1 heterocycles. The maximum absolute atomic E-state index is 11.9. The lowest BCUT2D eigenvalue weighted by Gasteiger charge is -2.20. The fourth-order valence-electron chi connectivity index (χ4n) is 1.71. The van der Waals surface area contributed by atoms with Crippen molar-refractivity contribution >= 4 is 5.97 Å². The fourth-order valence-corrected chi connectivity index (χ4v) is 1.71. The normalized spacial score (nSPS) is 11.6. The van der Waals surface area contributed by atoms with Crippen LogP contribution in [0.3, 0.4) is 0 Å². The topological polar surface area (TPSA) is 57.0 Å². The standard InChI is InChI=1S/C12H21N3O2/c1-6-8-9-13-10(15(5)14-9)12(3,4)11(16)17-7-2/h6-8H2,1-5H3. The van der Waals surface area contributed by atoms with E-state index in [2.05, 4.69) is 17.0 Å². The smallest absolute Gasteiger partial charge is 0.319 e. The van der Waals surface area contributed by atoms with Crippen molar-refractivity contribution in [2.45, 2.75) is 46.0 Å². The van der Waals surface area contributed by atoms with E-state index in [0.717, 1.165) is 18.7 Å². The van der Waals surface area contributed by atoms with E-state index in [1.165, 1.54) is 0 Å². The largest absolute Gasteiger partial charge is 0.465 e. The van der Waals surface area contributed by atoms with Gasteiger partial charge in [0.15, 0.2) is 5.82 Å². The van der Waals surface area contributed by atoms with E-state index in [4.69, 9.17) is 4.74 Å². The number of carbonyl (C=O) groups is 1. The first-order valence-corrected chi connectivity index (χ1v) is 6.01. The van der Waals surface area contributed by atoms with Gasteiger partial charge in [-0.25, -0.2) is 4.98 Å². The average molecular weight is 239 g/mol. The Morgan fingerprint density at radius 1 is 1.41 bits per heavy atom. The Bertz CT molecular complexity index is 396. The molecule has 0 amide bonds. The molecule has 0 aromatic carbocycles. The first-order chi connectivity index (χ1) is 7.93. The van der Waals surface area contributed by atoms with Gasteiger partial charge < -0.3 is 4.74 Å². The number of nitrogens with zero attached hydrogens (tertiary/aromatic N) is 3. The molecule has 0 spiro atoms. The first-order valence-electron chi connectivity index (χ1n) is 6.01. The van der Waals surface area contributed by atoms with E-state index in [9.17, 15) is 4.79 Å². The van der Waals surface area contributed by atoms with Crippen molar-refractivity contribution in [2.24, 2.45) is 7.05 Å². The van der Waals surface area contributed by atoms with Crippen LogP contribution in [0.25, 0.3) is 0 Å². The van der Waals surface area contributed by atoms with Crippen molar-refractivity contribution in [3.05, 3.63) is 11.6 Å². The summed E-state index contributed by atoms with van der Waals surface area (Å²) in [6.45, 7) is 7.87. The lowest BCUT2D eigenvalue weighted by molar-refractivity contribution is -0.149. The van der Waals surface area contributed by atoms with Crippen molar-refractivity contribution < 1.29 is 9.53 Å². The van der Waals surface area contributed by atoms with E-state index in [1.54, 1.807) is 11.6 Å². The molecule has 5 heteroatoms. The minimum absolute atomic E-state index is 0.265. The Labute approximate surface area is 102 Å². The van der Waals surface area contributed by atoms with Crippen molar-refractivity contribution in [1.29, 1.82) is 0 Å². The Morgan fingerprint density at radius 2 is 2.06 bits per heavy atom. The molecule has 96 valence electrons. The third kappa shape index (κ3) is 2.84. The van der Waals surface area contributed by atoms with Gasteiger partial charge in [-0.05, 0) is 27.2 Å². The molecule has 0 radical (unpaired) electrons. The number of rotatable bonds is 5. The second kappa shape index (κ2) is 5.29. The quantitative estimate of drug-likeness (QED) is 0.732. The molecule has 0 bridgehead atoms. The van der Waals surface area contributed by atoms with Crippen LogP contribution < -0.4 is 0 Å². The number of aromatic nitrogens is 3. The summed E-state index contributed by atoms with van der Waals surface area (Å²) >= 11 is 0. The molecule has 0 unspecified atom stereocenters. The highest BCUT2D eigenvalue weighted by Crippen LogP contribution is 2.23. The molecular weight excluding hydrogens is 218 g/mol. The Morgan fingerprint density at radius 3 is 2.59 bits per heavy atom. The average Bonchev–Trinajstić information content (AvgIpc) is 2.61. The first kappa shape index (κ1) is 13.7. The number of hydrogen-bond donors (Lipinski definition) is 0. The summed E-state index contributed by atoms with van der Waals surface area (Å²) in [4.78, 5) is 16.3. The van der Waals surface area contributed by atoms with Crippen molar-refractivity contribution in [1.82, 2.24) is 14.8 Å². The zero-order chi connectivity index (χ0) is 13.1. The molecule has 1 aromatic heterocycles. The van der Waals surface area contributed by atoms with E-state index < -0.39 is 5.41 Å². The Hall–Kier alpha value is -1.39. The second-order valence-electron chi connectivity index (χ2n) is 4.57. The second-order valence-corrected chi connectivity index (χ2v) is 4.57. The van der Waals surface area contributed by atoms with Gasteiger partial charge in [0.2, 0.25) is 0 Å². The van der Waals surface area contributed by atoms with Gasteiger partial charge >= 0.3 is 5.97 Å². The van der Waals surface area contributed by atoms with Gasteiger partial charge in [-0.1, -0.05) is 6.92 Å². The van der Waals surface area contributed by atoms with Gasteiger partial charge in [0.1, 0.15) is 11.2 Å². The zero-order valence-electron chi connectivity index (χ0n) is 11.3. The predicted molar refractivity (Wildman–Crippen MR) is 64.7 cm³/mol.